The molecule has 0 aliphatic carbocycles. The predicted octanol–water partition coefficient (Wildman–Crippen LogP) is 1.02. The first-order chi connectivity index (χ1) is 9.92. The summed E-state index contributed by atoms with van der Waals surface area (Å²) in [6.07, 6.45) is 0.964. The number of ether oxygens (including phenoxy) is 2. The number of Topliss-reactive ketones (excluding diaryl/α,β-unsaturated/α-hetero) is 2. The zero-order valence-corrected chi connectivity index (χ0v) is 12.0. The number of esters is 2. The van der Waals surface area contributed by atoms with Gasteiger partial charge in [-0.2, -0.15) is 0 Å². The van der Waals surface area contributed by atoms with Crippen LogP contribution >= 0.6 is 0 Å². The molecule has 0 amide bonds. The Balaban J connectivity index is 3.02. The minimum atomic E-state index is -1.48. The number of rotatable bonds is 7. The number of carbonyl (C=O) groups is 4. The Morgan fingerprint density at radius 3 is 2.10 bits per heavy atom. The lowest BCUT2D eigenvalue weighted by Gasteiger charge is -2.20. The van der Waals surface area contributed by atoms with E-state index in [9.17, 15) is 19.2 Å². The highest BCUT2D eigenvalue weighted by atomic mass is 16.5. The average Bonchev–Trinajstić information content (AvgIpc) is 2.99. The Kier molecular flexibility index (Phi) is 5.83. The summed E-state index contributed by atoms with van der Waals surface area (Å²) in [4.78, 5) is 47.2. The molecule has 114 valence electrons. The second-order valence-corrected chi connectivity index (χ2v) is 4.35. The third-order valence-corrected chi connectivity index (χ3v) is 3.04. The fraction of sp³-hybridized carbons (Fsp3) is 0.429. The summed E-state index contributed by atoms with van der Waals surface area (Å²) in [5.74, 6) is -5.41. The maximum Gasteiger partial charge on any atom is 0.320 e. The maximum atomic E-state index is 12.0. The smallest absolute Gasteiger partial charge is 0.320 e. The van der Waals surface area contributed by atoms with Crippen molar-refractivity contribution in [2.24, 2.45) is 11.8 Å². The second kappa shape index (κ2) is 7.37. The molecule has 0 aliphatic heterocycles. The van der Waals surface area contributed by atoms with Gasteiger partial charge in [-0.15, -0.1) is 0 Å². The third-order valence-electron chi connectivity index (χ3n) is 3.04. The minimum absolute atomic E-state index is 0.0507. The normalized spacial score (nSPS) is 11.8. The molecule has 21 heavy (non-hydrogen) atoms. The zero-order chi connectivity index (χ0) is 16.0. The molecule has 1 atom stereocenters. The van der Waals surface area contributed by atoms with Crippen LogP contribution in [0.4, 0.5) is 0 Å². The monoisotopic (exact) mass is 296 g/mol. The van der Waals surface area contributed by atoms with Crippen molar-refractivity contribution in [1.82, 2.24) is 0 Å². The molecule has 7 heteroatoms. The van der Waals surface area contributed by atoms with E-state index in [0.29, 0.717) is 0 Å². The Bertz CT molecular complexity index is 514. The molecule has 0 saturated carbocycles. The molecule has 0 saturated heterocycles. The molecule has 1 heterocycles. The molecular formula is C14H16O7. The van der Waals surface area contributed by atoms with Crippen molar-refractivity contribution >= 4 is 23.5 Å². The Morgan fingerprint density at radius 1 is 1.14 bits per heavy atom. The van der Waals surface area contributed by atoms with Gasteiger partial charge in [-0.1, -0.05) is 0 Å². The van der Waals surface area contributed by atoms with Gasteiger partial charge in [0.25, 0.3) is 0 Å². The quantitative estimate of drug-likeness (QED) is 0.420. The molecule has 1 aromatic rings. The van der Waals surface area contributed by atoms with Gasteiger partial charge in [-0.3, -0.25) is 19.2 Å². The van der Waals surface area contributed by atoms with Crippen molar-refractivity contribution in [3.8, 4) is 0 Å². The van der Waals surface area contributed by atoms with Gasteiger partial charge in [0, 0.05) is 12.3 Å². The fourth-order valence-corrected chi connectivity index (χ4v) is 1.91. The molecule has 1 rings (SSSR count). The SMILES string of the molecule is COC(=O)C(C(=O)OC)C(CC(=O)c1ccco1)C(C)=O. The van der Waals surface area contributed by atoms with Gasteiger partial charge in [0.05, 0.1) is 20.5 Å². The fourth-order valence-electron chi connectivity index (χ4n) is 1.91. The van der Waals surface area contributed by atoms with E-state index in [1.54, 1.807) is 0 Å². The van der Waals surface area contributed by atoms with Crippen LogP contribution in [0.2, 0.25) is 0 Å². The molecule has 0 N–H and O–H groups in total. The Labute approximate surface area is 121 Å². The van der Waals surface area contributed by atoms with E-state index in [1.165, 1.54) is 25.3 Å². The van der Waals surface area contributed by atoms with Crippen LogP contribution in [-0.2, 0) is 23.9 Å². The van der Waals surface area contributed by atoms with Crippen LogP contribution in [0.15, 0.2) is 22.8 Å². The van der Waals surface area contributed by atoms with Crippen LogP contribution in [-0.4, -0.2) is 37.7 Å². The largest absolute Gasteiger partial charge is 0.468 e. The van der Waals surface area contributed by atoms with Crippen molar-refractivity contribution in [3.05, 3.63) is 24.2 Å². The number of hydrogen-bond acceptors (Lipinski definition) is 7. The van der Waals surface area contributed by atoms with Gasteiger partial charge in [-0.05, 0) is 19.1 Å². The van der Waals surface area contributed by atoms with Crippen LogP contribution in [0.1, 0.15) is 23.9 Å². The van der Waals surface area contributed by atoms with Gasteiger partial charge in [-0.25, -0.2) is 0 Å². The first kappa shape index (κ1) is 16.6. The zero-order valence-electron chi connectivity index (χ0n) is 12.0. The molecule has 0 fully saturated rings. The molecular weight excluding hydrogens is 280 g/mol. The lowest BCUT2D eigenvalue weighted by molar-refractivity contribution is -0.163. The third kappa shape index (κ3) is 4.01. The van der Waals surface area contributed by atoms with E-state index in [2.05, 4.69) is 9.47 Å². The van der Waals surface area contributed by atoms with E-state index in [4.69, 9.17) is 4.42 Å². The number of methoxy groups -OCH3 is 2. The summed E-state index contributed by atoms with van der Waals surface area (Å²) in [7, 11) is 2.17. The lowest BCUT2D eigenvalue weighted by atomic mass is 9.84. The Hall–Kier alpha value is -2.44. The molecule has 0 aliphatic rings. The summed E-state index contributed by atoms with van der Waals surface area (Å²) in [5, 5.41) is 0. The number of furan rings is 1. The van der Waals surface area contributed by atoms with E-state index < -0.39 is 35.3 Å². The van der Waals surface area contributed by atoms with Gasteiger partial charge in [0.1, 0.15) is 5.78 Å². The highest BCUT2D eigenvalue weighted by Gasteiger charge is 2.41. The van der Waals surface area contributed by atoms with E-state index in [1.807, 2.05) is 0 Å². The second-order valence-electron chi connectivity index (χ2n) is 4.35. The number of ketones is 2. The standard InChI is InChI=1S/C14H16O7/c1-8(15)9(7-10(16)11-5-4-6-21-11)12(13(17)19-2)14(18)20-3/h4-6,9,12H,7H2,1-3H3. The van der Waals surface area contributed by atoms with Crippen molar-refractivity contribution in [2.45, 2.75) is 13.3 Å². The van der Waals surface area contributed by atoms with Gasteiger partial charge >= 0.3 is 11.9 Å². The summed E-state index contributed by atoms with van der Waals surface area (Å²) in [5.41, 5.74) is 0. The molecule has 0 aromatic carbocycles. The van der Waals surface area contributed by atoms with Crippen LogP contribution in [0.25, 0.3) is 0 Å². The van der Waals surface area contributed by atoms with Crippen molar-refractivity contribution < 1.29 is 33.1 Å². The van der Waals surface area contributed by atoms with Crippen molar-refractivity contribution in [2.75, 3.05) is 14.2 Å². The molecule has 1 unspecified atom stereocenters. The van der Waals surface area contributed by atoms with E-state index in [-0.39, 0.29) is 12.2 Å². The highest BCUT2D eigenvalue weighted by molar-refractivity contribution is 6.03. The van der Waals surface area contributed by atoms with Gasteiger partial charge in [0.2, 0.25) is 0 Å². The molecule has 0 spiro atoms. The summed E-state index contributed by atoms with van der Waals surface area (Å²) in [6, 6.07) is 2.96. The molecule has 0 bridgehead atoms. The average molecular weight is 296 g/mol. The molecule has 1 aromatic heterocycles. The number of hydrogen-bond donors (Lipinski definition) is 0. The van der Waals surface area contributed by atoms with E-state index >= 15 is 0 Å². The topological polar surface area (TPSA) is 99.9 Å². The summed E-state index contributed by atoms with van der Waals surface area (Å²) < 4.78 is 14.0. The lowest BCUT2D eigenvalue weighted by Crippen LogP contribution is -2.38. The van der Waals surface area contributed by atoms with E-state index in [0.717, 1.165) is 14.2 Å². The maximum absolute atomic E-state index is 12.0. The summed E-state index contributed by atoms with van der Waals surface area (Å²) >= 11 is 0. The van der Waals surface area contributed by atoms with Crippen LogP contribution in [0.3, 0.4) is 0 Å². The highest BCUT2D eigenvalue weighted by Crippen LogP contribution is 2.23. The number of carbonyl (C=O) groups excluding carboxylic acids is 4. The predicted molar refractivity (Wildman–Crippen MR) is 69.3 cm³/mol. The summed E-state index contributed by atoms with van der Waals surface area (Å²) in [6.45, 7) is 1.19. The minimum Gasteiger partial charge on any atom is -0.468 e. The molecule has 7 nitrogen and oxygen atoms in total. The van der Waals surface area contributed by atoms with Gasteiger partial charge in [0.15, 0.2) is 17.5 Å². The van der Waals surface area contributed by atoms with Crippen LogP contribution < -0.4 is 0 Å². The van der Waals surface area contributed by atoms with Crippen LogP contribution in [0.5, 0.6) is 0 Å². The van der Waals surface area contributed by atoms with Gasteiger partial charge < -0.3 is 13.9 Å². The Morgan fingerprint density at radius 2 is 1.71 bits per heavy atom. The first-order valence-corrected chi connectivity index (χ1v) is 6.15. The molecule has 0 radical (unpaired) electrons. The first-order valence-electron chi connectivity index (χ1n) is 6.15. The van der Waals surface area contributed by atoms with Crippen molar-refractivity contribution in [1.29, 1.82) is 0 Å². The van der Waals surface area contributed by atoms with Crippen molar-refractivity contribution in [3.63, 3.8) is 0 Å². The van der Waals surface area contributed by atoms with Crippen LogP contribution in [0, 0.1) is 11.8 Å².